The van der Waals surface area contributed by atoms with Gasteiger partial charge < -0.3 is 4.74 Å². The van der Waals surface area contributed by atoms with Gasteiger partial charge in [0.2, 0.25) is 11.8 Å². The summed E-state index contributed by atoms with van der Waals surface area (Å²) in [5.41, 5.74) is 0. The van der Waals surface area contributed by atoms with E-state index < -0.39 is 0 Å². The molecular weight excluding hydrogens is 312 g/mol. The lowest BCUT2D eigenvalue weighted by Crippen LogP contribution is -2.57. The van der Waals surface area contributed by atoms with Crippen molar-refractivity contribution in [2.24, 2.45) is 0 Å². The number of hydrogen-bond acceptors (Lipinski definition) is 4. The van der Waals surface area contributed by atoms with Crippen molar-refractivity contribution in [3.63, 3.8) is 0 Å². The maximum atomic E-state index is 11.8. The number of nitrogens with one attached hydrogen (secondary N) is 1. The number of halogens is 1. The highest BCUT2D eigenvalue weighted by atomic mass is 79.9. The lowest BCUT2D eigenvalue weighted by Gasteiger charge is -2.29. The molecular formula is C13H15BrN2O3. The first kappa shape index (κ1) is 14.0. The van der Waals surface area contributed by atoms with Gasteiger partial charge in [-0.2, -0.15) is 0 Å². The lowest BCUT2D eigenvalue weighted by molar-refractivity contribution is -0.149. The van der Waals surface area contributed by atoms with Crippen molar-refractivity contribution in [2.45, 2.75) is 13.0 Å². The van der Waals surface area contributed by atoms with Crippen molar-refractivity contribution in [2.75, 3.05) is 19.7 Å². The summed E-state index contributed by atoms with van der Waals surface area (Å²) in [5.74, 6) is 0.299. The van der Waals surface area contributed by atoms with Crippen molar-refractivity contribution < 1.29 is 14.3 Å². The molecule has 5 nitrogen and oxygen atoms in total. The number of rotatable bonds is 4. The zero-order valence-corrected chi connectivity index (χ0v) is 12.1. The molecule has 0 aliphatic carbocycles. The van der Waals surface area contributed by atoms with Crippen LogP contribution < -0.4 is 10.1 Å². The highest BCUT2D eigenvalue weighted by Crippen LogP contribution is 2.17. The van der Waals surface area contributed by atoms with Gasteiger partial charge in [0.25, 0.3) is 0 Å². The summed E-state index contributed by atoms with van der Waals surface area (Å²) in [6.45, 7) is 2.51. The van der Waals surface area contributed by atoms with E-state index in [1.54, 1.807) is 6.92 Å². The molecule has 6 heteroatoms. The third-order valence-electron chi connectivity index (χ3n) is 2.88. The maximum absolute atomic E-state index is 11.8. The molecule has 1 N–H and O–H groups in total. The Morgan fingerprint density at radius 1 is 1.47 bits per heavy atom. The van der Waals surface area contributed by atoms with Gasteiger partial charge in [-0.3, -0.25) is 19.8 Å². The molecule has 102 valence electrons. The number of hydrogen-bond donors (Lipinski definition) is 1. The Kier molecular flexibility index (Phi) is 4.55. The third kappa shape index (κ3) is 3.54. The maximum Gasteiger partial charge on any atom is 0.246 e. The number of amides is 2. The topological polar surface area (TPSA) is 58.6 Å². The molecule has 0 radical (unpaired) electrons. The molecule has 1 unspecified atom stereocenters. The van der Waals surface area contributed by atoms with E-state index in [1.165, 1.54) is 4.90 Å². The van der Waals surface area contributed by atoms with E-state index in [4.69, 9.17) is 4.74 Å². The van der Waals surface area contributed by atoms with Gasteiger partial charge in [0.1, 0.15) is 12.4 Å². The second kappa shape index (κ2) is 6.16. The van der Waals surface area contributed by atoms with Gasteiger partial charge in [0.15, 0.2) is 0 Å². The van der Waals surface area contributed by atoms with Gasteiger partial charge in [-0.15, -0.1) is 0 Å². The SMILES string of the molecule is CC1NCC(=O)N(CCOc2cccc(Br)c2)C1=O. The van der Waals surface area contributed by atoms with E-state index in [9.17, 15) is 9.59 Å². The normalized spacial score (nSPS) is 19.7. The molecule has 1 aliphatic heterocycles. The smallest absolute Gasteiger partial charge is 0.246 e. The van der Waals surface area contributed by atoms with E-state index in [2.05, 4.69) is 21.2 Å². The number of piperazine rings is 1. The summed E-state index contributed by atoms with van der Waals surface area (Å²) in [5, 5.41) is 2.84. The van der Waals surface area contributed by atoms with E-state index in [0.29, 0.717) is 12.4 Å². The van der Waals surface area contributed by atoms with Crippen LogP contribution in [0.5, 0.6) is 5.75 Å². The highest BCUT2D eigenvalue weighted by molar-refractivity contribution is 9.10. The van der Waals surface area contributed by atoms with Crippen LogP contribution in [0, 0.1) is 0 Å². The van der Waals surface area contributed by atoms with Crippen molar-refractivity contribution in [1.82, 2.24) is 10.2 Å². The molecule has 1 aromatic carbocycles. The summed E-state index contributed by atoms with van der Waals surface area (Å²) in [4.78, 5) is 24.7. The standard InChI is InChI=1S/C13H15BrN2O3/c1-9-13(18)16(12(17)8-15-9)5-6-19-11-4-2-3-10(14)7-11/h2-4,7,9,15H,5-6,8H2,1H3. The molecule has 2 amide bonds. The van der Waals surface area contributed by atoms with Crippen molar-refractivity contribution in [3.8, 4) is 5.75 Å². The molecule has 2 rings (SSSR count). The first-order valence-corrected chi connectivity index (χ1v) is 6.83. The summed E-state index contributed by atoms with van der Waals surface area (Å²) in [6, 6.07) is 7.11. The predicted octanol–water partition coefficient (Wildman–Crippen LogP) is 1.17. The van der Waals surface area contributed by atoms with E-state index in [1.807, 2.05) is 24.3 Å². The van der Waals surface area contributed by atoms with Crippen LogP contribution in [0.3, 0.4) is 0 Å². The Labute approximate surface area is 120 Å². The zero-order chi connectivity index (χ0) is 13.8. The average molecular weight is 327 g/mol. The molecule has 1 aliphatic rings. The van der Waals surface area contributed by atoms with Gasteiger partial charge in [-0.05, 0) is 25.1 Å². The lowest BCUT2D eigenvalue weighted by atomic mass is 10.2. The number of carbonyl (C=O) groups excluding carboxylic acids is 2. The van der Waals surface area contributed by atoms with Gasteiger partial charge in [-0.1, -0.05) is 22.0 Å². The second-order valence-electron chi connectivity index (χ2n) is 4.29. The van der Waals surface area contributed by atoms with Crippen LogP contribution in [0.25, 0.3) is 0 Å². The number of ether oxygens (including phenoxy) is 1. The molecule has 0 aromatic heterocycles. The van der Waals surface area contributed by atoms with Crippen molar-refractivity contribution in [1.29, 1.82) is 0 Å². The monoisotopic (exact) mass is 326 g/mol. The first-order valence-electron chi connectivity index (χ1n) is 6.04. The van der Waals surface area contributed by atoms with Crippen LogP contribution in [0.2, 0.25) is 0 Å². The Hall–Kier alpha value is -1.40. The molecule has 1 aromatic rings. The number of benzene rings is 1. The van der Waals surface area contributed by atoms with E-state index >= 15 is 0 Å². The average Bonchev–Trinajstić information content (AvgIpc) is 2.38. The summed E-state index contributed by atoms with van der Waals surface area (Å²) < 4.78 is 6.45. The molecule has 1 fully saturated rings. The fraction of sp³-hybridized carbons (Fsp3) is 0.385. The van der Waals surface area contributed by atoms with E-state index in [0.717, 1.165) is 4.47 Å². The summed E-state index contributed by atoms with van der Waals surface area (Å²) >= 11 is 3.35. The fourth-order valence-electron chi connectivity index (χ4n) is 1.83. The van der Waals surface area contributed by atoms with Crippen LogP contribution in [0.1, 0.15) is 6.92 Å². The minimum Gasteiger partial charge on any atom is -0.492 e. The Balaban J connectivity index is 1.88. The molecule has 19 heavy (non-hydrogen) atoms. The van der Waals surface area contributed by atoms with Crippen LogP contribution in [-0.4, -0.2) is 42.5 Å². The molecule has 0 spiro atoms. The minimum atomic E-state index is -0.316. The second-order valence-corrected chi connectivity index (χ2v) is 5.21. The minimum absolute atomic E-state index is 0.198. The Morgan fingerprint density at radius 2 is 2.26 bits per heavy atom. The zero-order valence-electron chi connectivity index (χ0n) is 10.6. The van der Waals surface area contributed by atoms with Crippen LogP contribution >= 0.6 is 15.9 Å². The van der Waals surface area contributed by atoms with Gasteiger partial charge in [-0.25, -0.2) is 0 Å². The predicted molar refractivity (Wildman–Crippen MR) is 73.8 cm³/mol. The number of nitrogens with zero attached hydrogens (tertiary/aromatic N) is 1. The van der Waals surface area contributed by atoms with Crippen molar-refractivity contribution in [3.05, 3.63) is 28.7 Å². The van der Waals surface area contributed by atoms with E-state index in [-0.39, 0.29) is 30.9 Å². The molecule has 1 atom stereocenters. The van der Waals surface area contributed by atoms with Crippen molar-refractivity contribution >= 4 is 27.7 Å². The molecule has 0 bridgehead atoms. The van der Waals surface area contributed by atoms with Gasteiger partial charge in [0, 0.05) is 4.47 Å². The Bertz CT molecular complexity index is 493. The molecule has 1 heterocycles. The van der Waals surface area contributed by atoms with Crippen LogP contribution in [0.15, 0.2) is 28.7 Å². The third-order valence-corrected chi connectivity index (χ3v) is 3.37. The molecule has 0 saturated carbocycles. The van der Waals surface area contributed by atoms with Gasteiger partial charge >= 0.3 is 0 Å². The largest absolute Gasteiger partial charge is 0.492 e. The number of imide groups is 1. The first-order chi connectivity index (χ1) is 9.08. The summed E-state index contributed by atoms with van der Waals surface area (Å²) in [6.07, 6.45) is 0. The highest BCUT2D eigenvalue weighted by Gasteiger charge is 2.30. The molecule has 1 saturated heterocycles. The van der Waals surface area contributed by atoms with Crippen LogP contribution in [-0.2, 0) is 9.59 Å². The number of carbonyl (C=O) groups is 2. The Morgan fingerprint density at radius 3 is 3.00 bits per heavy atom. The summed E-state index contributed by atoms with van der Waals surface area (Å²) in [7, 11) is 0. The van der Waals surface area contributed by atoms with Crippen LogP contribution in [0.4, 0.5) is 0 Å². The quantitative estimate of drug-likeness (QED) is 0.844. The van der Waals surface area contributed by atoms with Gasteiger partial charge in [0.05, 0.1) is 19.1 Å². The fourth-order valence-corrected chi connectivity index (χ4v) is 2.20.